The smallest absolute Gasteiger partial charge is 0.475 e. The normalized spacial score (nSPS) is 23.0. The Morgan fingerprint density at radius 3 is 2.75 bits per heavy atom. The van der Waals surface area contributed by atoms with Gasteiger partial charge in [-0.05, 0) is 41.3 Å². The molecule has 32 heavy (non-hydrogen) atoms. The van der Waals surface area contributed by atoms with E-state index in [1.807, 2.05) is 0 Å². The molecule has 8 nitrogen and oxygen atoms in total. The number of hydrogen-bond acceptors (Lipinski definition) is 7. The summed E-state index contributed by atoms with van der Waals surface area (Å²) in [5.74, 6) is -1.85. The number of carboxylic acids is 1. The molecular weight excluding hydrogens is 449 g/mol. The highest BCUT2D eigenvalue weighted by molar-refractivity contribution is 7.07. The van der Waals surface area contributed by atoms with Gasteiger partial charge in [0.25, 0.3) is 5.91 Å². The Hall–Kier alpha value is -2.57. The average Bonchev–Trinajstić information content (AvgIpc) is 3.42. The maximum atomic E-state index is 12.1. The number of piperidine rings is 1. The number of ether oxygens (including phenoxy) is 1. The number of aliphatic carboxylic acids is 1. The summed E-state index contributed by atoms with van der Waals surface area (Å²) in [6.45, 7) is 4.53. The minimum atomic E-state index is -5.08. The molecule has 2 aliphatic heterocycles. The molecule has 4 rings (SSSR count). The van der Waals surface area contributed by atoms with Gasteiger partial charge >= 0.3 is 12.1 Å². The number of alkyl halides is 3. The predicted octanol–water partition coefficient (Wildman–Crippen LogP) is 2.44. The fourth-order valence-corrected chi connectivity index (χ4v) is 4.52. The Balaban J connectivity index is 0.000000360. The highest BCUT2D eigenvalue weighted by atomic mass is 32.1. The number of nitrogens with zero attached hydrogens (tertiary/aromatic N) is 3. The van der Waals surface area contributed by atoms with Crippen LogP contribution in [0.5, 0.6) is 0 Å². The van der Waals surface area contributed by atoms with Gasteiger partial charge < -0.3 is 15.2 Å². The second-order valence-electron chi connectivity index (χ2n) is 7.55. The van der Waals surface area contributed by atoms with Crippen molar-refractivity contribution in [1.82, 2.24) is 20.2 Å². The van der Waals surface area contributed by atoms with Gasteiger partial charge in [0.15, 0.2) is 0 Å². The van der Waals surface area contributed by atoms with Crippen LogP contribution in [0.15, 0.2) is 35.4 Å². The lowest BCUT2D eigenvalue weighted by Gasteiger charge is -2.35. The lowest BCUT2D eigenvalue weighted by molar-refractivity contribution is -0.192. The molecule has 1 amide bonds. The highest BCUT2D eigenvalue weighted by Gasteiger charge is 2.41. The maximum absolute atomic E-state index is 12.1. The first-order valence-electron chi connectivity index (χ1n) is 9.93. The van der Waals surface area contributed by atoms with Crippen LogP contribution in [0.3, 0.4) is 0 Å². The zero-order valence-corrected chi connectivity index (χ0v) is 17.8. The minimum Gasteiger partial charge on any atom is -0.475 e. The van der Waals surface area contributed by atoms with E-state index < -0.39 is 12.1 Å². The summed E-state index contributed by atoms with van der Waals surface area (Å²) in [4.78, 5) is 31.5. The van der Waals surface area contributed by atoms with Gasteiger partial charge in [0.05, 0.1) is 18.9 Å². The summed E-state index contributed by atoms with van der Waals surface area (Å²) in [5.41, 5.74) is 1.75. The van der Waals surface area contributed by atoms with Crippen molar-refractivity contribution in [2.24, 2.45) is 11.8 Å². The predicted molar refractivity (Wildman–Crippen MR) is 109 cm³/mol. The molecule has 0 spiro atoms. The van der Waals surface area contributed by atoms with E-state index in [0.29, 0.717) is 24.1 Å². The van der Waals surface area contributed by atoms with Crippen molar-refractivity contribution in [1.29, 1.82) is 0 Å². The van der Waals surface area contributed by atoms with E-state index in [-0.39, 0.29) is 12.0 Å². The van der Waals surface area contributed by atoms with Crippen molar-refractivity contribution in [3.63, 3.8) is 0 Å². The van der Waals surface area contributed by atoms with E-state index in [1.165, 1.54) is 18.0 Å². The largest absolute Gasteiger partial charge is 0.490 e. The molecule has 4 heterocycles. The number of fused-ring (bicyclic) bond motifs is 1. The van der Waals surface area contributed by atoms with Crippen molar-refractivity contribution in [2.75, 3.05) is 26.2 Å². The number of nitrogens with one attached hydrogen (secondary N) is 1. The molecule has 0 unspecified atom stereocenters. The number of aromatic nitrogens is 2. The lowest BCUT2D eigenvalue weighted by Crippen LogP contribution is -2.43. The van der Waals surface area contributed by atoms with Crippen LogP contribution in [0.2, 0.25) is 0 Å². The van der Waals surface area contributed by atoms with Crippen molar-refractivity contribution in [2.45, 2.75) is 25.2 Å². The molecule has 2 fully saturated rings. The van der Waals surface area contributed by atoms with E-state index in [1.54, 1.807) is 17.5 Å². The average molecular weight is 472 g/mol. The first-order valence-corrected chi connectivity index (χ1v) is 10.9. The summed E-state index contributed by atoms with van der Waals surface area (Å²) in [6.07, 6.45) is 0.719. The number of rotatable bonds is 5. The van der Waals surface area contributed by atoms with Crippen molar-refractivity contribution < 1.29 is 32.6 Å². The zero-order chi connectivity index (χ0) is 23.1. The van der Waals surface area contributed by atoms with E-state index in [9.17, 15) is 18.0 Å². The van der Waals surface area contributed by atoms with E-state index >= 15 is 0 Å². The fraction of sp³-hybridized carbons (Fsp3) is 0.500. The topological polar surface area (TPSA) is 105 Å². The first-order chi connectivity index (χ1) is 15.2. The van der Waals surface area contributed by atoms with Crippen molar-refractivity contribution in [3.8, 4) is 0 Å². The molecule has 2 N–H and O–H groups in total. The summed E-state index contributed by atoms with van der Waals surface area (Å²) in [7, 11) is 0. The molecule has 12 heteroatoms. The molecule has 2 aromatic rings. The maximum Gasteiger partial charge on any atom is 0.490 e. The quantitative estimate of drug-likeness (QED) is 0.689. The molecule has 3 atom stereocenters. The number of hydrogen-bond donors (Lipinski definition) is 2. The molecule has 2 aromatic heterocycles. The van der Waals surface area contributed by atoms with Crippen LogP contribution in [-0.4, -0.2) is 70.4 Å². The number of carboxylic acid groups (broad SMARTS) is 1. The molecule has 0 saturated carbocycles. The Morgan fingerprint density at radius 2 is 2.12 bits per heavy atom. The number of carbonyl (C=O) groups is 2. The summed E-state index contributed by atoms with van der Waals surface area (Å²) in [5, 5.41) is 14.4. The third-order valence-corrected chi connectivity index (χ3v) is 6.10. The zero-order valence-electron chi connectivity index (χ0n) is 17.0. The van der Waals surface area contributed by atoms with Gasteiger partial charge in [0.2, 0.25) is 0 Å². The molecule has 2 aliphatic rings. The molecule has 0 aromatic carbocycles. The number of thiophene rings is 1. The second kappa shape index (κ2) is 10.8. The monoisotopic (exact) mass is 472 g/mol. The molecule has 2 saturated heterocycles. The number of amides is 1. The van der Waals surface area contributed by atoms with Crippen LogP contribution in [0, 0.1) is 11.8 Å². The van der Waals surface area contributed by atoms with Crippen LogP contribution in [0.4, 0.5) is 13.2 Å². The molecule has 0 aliphatic carbocycles. The minimum absolute atomic E-state index is 0.105. The van der Waals surface area contributed by atoms with Gasteiger partial charge in [-0.1, -0.05) is 0 Å². The lowest BCUT2D eigenvalue weighted by atomic mass is 9.84. The molecule has 174 valence electrons. The van der Waals surface area contributed by atoms with Crippen LogP contribution in [-0.2, 0) is 16.1 Å². The van der Waals surface area contributed by atoms with Crippen LogP contribution < -0.4 is 5.32 Å². The summed E-state index contributed by atoms with van der Waals surface area (Å²) in [6, 6.07) is 2.20. The first kappa shape index (κ1) is 24.1. The number of carbonyl (C=O) groups excluding carboxylic acids is 1. The van der Waals surface area contributed by atoms with Gasteiger partial charge in [-0.25, -0.2) is 9.78 Å². The summed E-state index contributed by atoms with van der Waals surface area (Å²) >= 11 is 1.75. The van der Waals surface area contributed by atoms with E-state index in [2.05, 4.69) is 37.0 Å². The molecule has 0 radical (unpaired) electrons. The fourth-order valence-electron chi connectivity index (χ4n) is 3.86. The van der Waals surface area contributed by atoms with Gasteiger partial charge in [-0.15, -0.1) is 0 Å². The third kappa shape index (κ3) is 6.71. The number of halogens is 3. The van der Waals surface area contributed by atoms with Gasteiger partial charge in [0.1, 0.15) is 5.69 Å². The van der Waals surface area contributed by atoms with Crippen molar-refractivity contribution in [3.05, 3.63) is 46.7 Å². The molecular formula is C20H23F3N4O4S. The number of likely N-dealkylation sites (tertiary alicyclic amines) is 1. The Bertz CT molecular complexity index is 883. The van der Waals surface area contributed by atoms with Crippen LogP contribution >= 0.6 is 11.3 Å². The van der Waals surface area contributed by atoms with E-state index in [0.717, 1.165) is 32.7 Å². The standard InChI is InChI=1S/C18H22N4O2S.C2HF3O2/c23-18(16-7-19-3-4-20-16)21-8-17-15-1-5-22(10-14(15)11-24-17)9-13-2-6-25-12-13;3-2(4,5)1(6)7/h2-4,6-7,12,14-15,17H,1,5,8-11H2,(H,21,23);(H,6,7)/t14-,15-,17+;/m0./s1. The SMILES string of the molecule is O=C(NC[C@H]1OC[C@@H]2CN(Cc3ccsc3)CC[C@@H]21)c1cnccn1.O=C(O)C(F)(F)F. The van der Waals surface area contributed by atoms with Gasteiger partial charge in [-0.2, -0.15) is 24.5 Å². The highest BCUT2D eigenvalue weighted by Crippen LogP contribution is 2.34. The Labute approximate surface area is 186 Å². The second-order valence-corrected chi connectivity index (χ2v) is 8.33. The Morgan fingerprint density at radius 1 is 1.34 bits per heavy atom. The van der Waals surface area contributed by atoms with Crippen LogP contribution in [0.25, 0.3) is 0 Å². The summed E-state index contributed by atoms with van der Waals surface area (Å²) < 4.78 is 37.7. The molecule has 0 bridgehead atoms. The Kier molecular flexibility index (Phi) is 8.15. The van der Waals surface area contributed by atoms with Crippen LogP contribution in [0.1, 0.15) is 22.5 Å². The third-order valence-electron chi connectivity index (χ3n) is 5.37. The van der Waals surface area contributed by atoms with Gasteiger partial charge in [0, 0.05) is 37.9 Å². The van der Waals surface area contributed by atoms with Gasteiger partial charge in [-0.3, -0.25) is 14.7 Å². The van der Waals surface area contributed by atoms with Crippen molar-refractivity contribution >= 4 is 23.2 Å². The van der Waals surface area contributed by atoms with E-state index in [4.69, 9.17) is 14.6 Å².